The first-order valence-corrected chi connectivity index (χ1v) is 17.7. The van der Waals surface area contributed by atoms with Gasteiger partial charge in [-0.2, -0.15) is 0 Å². The number of aliphatic hydroxyl groups excluding tert-OH is 1. The van der Waals surface area contributed by atoms with Crippen LogP contribution in [0.5, 0.6) is 0 Å². The van der Waals surface area contributed by atoms with Gasteiger partial charge in [0.25, 0.3) is 0 Å². The number of rotatable bonds is 11. The van der Waals surface area contributed by atoms with E-state index >= 15 is 0 Å². The molecule has 0 amide bonds. The molecule has 0 bridgehead atoms. The first kappa shape index (κ1) is 31.8. The van der Waals surface area contributed by atoms with E-state index in [0.29, 0.717) is 47.5 Å². The number of anilines is 1. The molecule has 224 valence electrons. The largest absolute Gasteiger partial charge is 0.467 e. The second kappa shape index (κ2) is 12.6. The minimum absolute atomic E-state index is 0.228. The topological polar surface area (TPSA) is 67.8 Å². The summed E-state index contributed by atoms with van der Waals surface area (Å²) in [5.74, 6) is -0.255. The number of aliphatic hydroxyl groups is 1. The number of ether oxygens (including phenoxy) is 1. The van der Waals surface area contributed by atoms with Crippen molar-refractivity contribution in [2.75, 3.05) is 19.0 Å². The SMILES string of the molecule is COC(=O)C1(Nc2cccc(Cl)c2)CCC2(CC1)C(CC(O)CO[Si](C(C)C)(C(C)C)C(C)C)=Cc1ccccc12. The second-order valence-corrected chi connectivity index (χ2v) is 18.9. The lowest BCUT2D eigenvalue weighted by molar-refractivity contribution is -0.147. The van der Waals surface area contributed by atoms with Gasteiger partial charge in [0.15, 0.2) is 8.32 Å². The quantitative estimate of drug-likeness (QED) is 0.201. The Morgan fingerprint density at radius 3 is 2.20 bits per heavy atom. The molecular weight excluding hydrogens is 550 g/mol. The molecule has 1 saturated carbocycles. The normalized spacial score (nSPS) is 23.2. The van der Waals surface area contributed by atoms with Gasteiger partial charge in [-0.05, 0) is 78.1 Å². The van der Waals surface area contributed by atoms with Crippen LogP contribution < -0.4 is 5.32 Å². The van der Waals surface area contributed by atoms with Gasteiger partial charge in [-0.3, -0.25) is 0 Å². The van der Waals surface area contributed by atoms with E-state index < -0.39 is 20.0 Å². The Morgan fingerprint density at radius 2 is 1.61 bits per heavy atom. The lowest BCUT2D eigenvalue weighted by Crippen LogP contribution is -2.53. The molecule has 1 unspecified atom stereocenters. The van der Waals surface area contributed by atoms with E-state index in [9.17, 15) is 9.90 Å². The van der Waals surface area contributed by atoms with Gasteiger partial charge in [0.05, 0.1) is 19.8 Å². The molecule has 0 saturated heterocycles. The molecule has 5 nitrogen and oxygen atoms in total. The molecule has 2 N–H and O–H groups in total. The molecule has 1 atom stereocenters. The number of esters is 1. The van der Waals surface area contributed by atoms with Gasteiger partial charge in [0.2, 0.25) is 0 Å². The fraction of sp³-hybridized carbons (Fsp3) is 0.559. The summed E-state index contributed by atoms with van der Waals surface area (Å²) in [5, 5.41) is 15.5. The van der Waals surface area contributed by atoms with Crippen LogP contribution in [0.3, 0.4) is 0 Å². The summed E-state index contributed by atoms with van der Waals surface area (Å²) in [6.45, 7) is 14.0. The summed E-state index contributed by atoms with van der Waals surface area (Å²) in [6, 6.07) is 16.0. The molecule has 1 spiro atoms. The van der Waals surface area contributed by atoms with Crippen molar-refractivity contribution < 1.29 is 19.1 Å². The minimum Gasteiger partial charge on any atom is -0.467 e. The van der Waals surface area contributed by atoms with Crippen molar-refractivity contribution in [3.8, 4) is 0 Å². The predicted molar refractivity (Wildman–Crippen MR) is 172 cm³/mol. The van der Waals surface area contributed by atoms with E-state index in [1.54, 1.807) is 0 Å². The number of benzene rings is 2. The van der Waals surface area contributed by atoms with Gasteiger partial charge < -0.3 is 19.6 Å². The number of hydrogen-bond donors (Lipinski definition) is 2. The van der Waals surface area contributed by atoms with Crippen molar-refractivity contribution in [2.45, 2.75) is 107 Å². The molecular formula is C34H48ClNO4Si. The molecule has 4 rings (SSSR count). The molecule has 2 aliphatic carbocycles. The number of halogens is 1. The first-order valence-electron chi connectivity index (χ1n) is 15.1. The molecule has 2 aromatic rings. The third-order valence-corrected chi connectivity index (χ3v) is 16.2. The van der Waals surface area contributed by atoms with Crippen LogP contribution in [0.25, 0.3) is 6.08 Å². The van der Waals surface area contributed by atoms with E-state index in [4.69, 9.17) is 20.8 Å². The third kappa shape index (κ3) is 6.04. The van der Waals surface area contributed by atoms with E-state index in [-0.39, 0.29) is 11.4 Å². The molecule has 0 aliphatic heterocycles. The molecule has 0 heterocycles. The number of fused-ring (bicyclic) bond motifs is 2. The van der Waals surface area contributed by atoms with Crippen LogP contribution in [-0.4, -0.2) is 44.8 Å². The molecule has 7 heteroatoms. The van der Waals surface area contributed by atoms with Crippen molar-refractivity contribution in [1.29, 1.82) is 0 Å². The zero-order valence-corrected chi connectivity index (χ0v) is 27.6. The Balaban J connectivity index is 1.57. The number of hydrogen-bond acceptors (Lipinski definition) is 5. The first-order chi connectivity index (χ1) is 19.4. The summed E-state index contributed by atoms with van der Waals surface area (Å²) in [7, 11) is -0.630. The molecule has 0 radical (unpaired) electrons. The summed E-state index contributed by atoms with van der Waals surface area (Å²) >= 11 is 6.25. The van der Waals surface area contributed by atoms with Crippen LogP contribution >= 0.6 is 11.6 Å². The average molecular weight is 598 g/mol. The standard InChI is InChI=1S/C34H48ClNO4Si/c1-23(2)41(24(3)4,25(5)6)40-22-30(37)20-27-19-26-11-8-9-14-31(26)33(27)15-17-34(18-16-33,32(38)39-7)36-29-13-10-12-28(35)21-29/h8-14,19,21,23-25,30,36-37H,15-18,20,22H2,1-7H3. The third-order valence-electron chi connectivity index (χ3n) is 9.85. The number of carbonyl (C=O) groups is 1. The molecule has 1 fully saturated rings. The van der Waals surface area contributed by atoms with Crippen LogP contribution in [0, 0.1) is 0 Å². The fourth-order valence-corrected chi connectivity index (χ4v) is 13.6. The Labute approximate surface area is 252 Å². The minimum atomic E-state index is -2.08. The van der Waals surface area contributed by atoms with Crippen LogP contribution in [0.1, 0.15) is 84.8 Å². The Hall–Kier alpha value is -2.12. The lowest BCUT2D eigenvalue weighted by Gasteiger charge is -2.46. The van der Waals surface area contributed by atoms with Gasteiger partial charge in [-0.1, -0.05) is 95.1 Å². The van der Waals surface area contributed by atoms with Crippen LogP contribution in [-0.2, 0) is 19.4 Å². The maximum Gasteiger partial charge on any atom is 0.331 e. The predicted octanol–water partition coefficient (Wildman–Crippen LogP) is 8.52. The lowest BCUT2D eigenvalue weighted by atomic mass is 9.61. The summed E-state index contributed by atoms with van der Waals surface area (Å²) in [4.78, 5) is 13.2. The number of methoxy groups -OCH3 is 1. The molecule has 41 heavy (non-hydrogen) atoms. The van der Waals surface area contributed by atoms with Crippen molar-refractivity contribution in [3.05, 3.63) is 70.3 Å². The summed E-state index contributed by atoms with van der Waals surface area (Å²) in [5.41, 5.74) is 4.87. The summed E-state index contributed by atoms with van der Waals surface area (Å²) in [6.07, 6.45) is 4.99. The second-order valence-electron chi connectivity index (χ2n) is 13.0. The van der Waals surface area contributed by atoms with Crippen molar-refractivity contribution >= 4 is 37.7 Å². The van der Waals surface area contributed by atoms with E-state index in [0.717, 1.165) is 18.5 Å². The van der Waals surface area contributed by atoms with Gasteiger partial charge >= 0.3 is 5.97 Å². The smallest absolute Gasteiger partial charge is 0.331 e. The van der Waals surface area contributed by atoms with Crippen molar-refractivity contribution in [2.24, 2.45) is 0 Å². The maximum absolute atomic E-state index is 13.2. The highest BCUT2D eigenvalue weighted by molar-refractivity contribution is 6.77. The van der Waals surface area contributed by atoms with Gasteiger partial charge in [0, 0.05) is 16.1 Å². The van der Waals surface area contributed by atoms with E-state index in [1.807, 2.05) is 24.3 Å². The molecule has 2 aliphatic rings. The van der Waals surface area contributed by atoms with Crippen LogP contribution in [0.2, 0.25) is 21.6 Å². The van der Waals surface area contributed by atoms with Gasteiger partial charge in [-0.15, -0.1) is 0 Å². The van der Waals surface area contributed by atoms with Gasteiger partial charge in [-0.25, -0.2) is 4.79 Å². The van der Waals surface area contributed by atoms with Crippen LogP contribution in [0.15, 0.2) is 54.1 Å². The Kier molecular flexibility index (Phi) is 9.79. The fourth-order valence-electron chi connectivity index (χ4n) is 7.98. The maximum atomic E-state index is 13.2. The highest BCUT2D eigenvalue weighted by Crippen LogP contribution is 2.55. The average Bonchev–Trinajstić information content (AvgIpc) is 3.21. The highest BCUT2D eigenvalue weighted by atomic mass is 35.5. The highest BCUT2D eigenvalue weighted by Gasteiger charge is 2.52. The summed E-state index contributed by atoms with van der Waals surface area (Å²) < 4.78 is 12.1. The van der Waals surface area contributed by atoms with E-state index in [1.165, 1.54) is 23.8 Å². The van der Waals surface area contributed by atoms with E-state index in [2.05, 4.69) is 77.2 Å². The zero-order valence-electron chi connectivity index (χ0n) is 25.8. The Bertz CT molecular complexity index is 1230. The molecule has 2 aromatic carbocycles. The Morgan fingerprint density at radius 1 is 0.976 bits per heavy atom. The van der Waals surface area contributed by atoms with Crippen molar-refractivity contribution in [3.63, 3.8) is 0 Å². The monoisotopic (exact) mass is 597 g/mol. The van der Waals surface area contributed by atoms with Gasteiger partial charge in [0.1, 0.15) is 5.54 Å². The number of nitrogens with one attached hydrogen (secondary N) is 1. The number of carbonyl (C=O) groups excluding carboxylic acids is 1. The molecule has 0 aromatic heterocycles. The zero-order chi connectivity index (χ0) is 30.0. The van der Waals surface area contributed by atoms with Crippen molar-refractivity contribution in [1.82, 2.24) is 0 Å². The van der Waals surface area contributed by atoms with Crippen LogP contribution in [0.4, 0.5) is 5.69 Å².